The zero-order chi connectivity index (χ0) is 28.2. The number of unbranched alkanes of at least 4 members (excludes halogenated alkanes) is 12. The molecule has 0 aliphatic heterocycles. The molecule has 2 aromatic heterocycles. The van der Waals surface area contributed by atoms with Crippen molar-refractivity contribution in [2.45, 2.75) is 109 Å². The molecule has 0 saturated carbocycles. The van der Waals surface area contributed by atoms with Crippen LogP contribution in [0.1, 0.15) is 96.8 Å². The standard InChI is InChI=1S/C28H48N5O5P/c1-3-4-5-6-7-8-9-10-11-12-13-14-15-16-18-36-19-17-20-38-39(34,35)24-37-25(2)21-33-23-32-26-27(29)30-22-31-28(26)33/h1,22-23,25H,4-21,24H2,2H3,(H,34,35)(H2,29,30,31)/p-1/t25-/m1/s1. The van der Waals surface area contributed by atoms with E-state index in [0.29, 0.717) is 43.2 Å². The van der Waals surface area contributed by atoms with Crippen molar-refractivity contribution in [1.29, 1.82) is 0 Å². The van der Waals surface area contributed by atoms with Gasteiger partial charge in [0.15, 0.2) is 19.1 Å². The average Bonchev–Trinajstić information content (AvgIpc) is 3.32. The zero-order valence-electron chi connectivity index (χ0n) is 23.6. The van der Waals surface area contributed by atoms with E-state index in [0.717, 1.165) is 12.8 Å². The molecule has 0 amide bonds. The Kier molecular flexibility index (Phi) is 17.0. The van der Waals surface area contributed by atoms with E-state index in [2.05, 4.69) is 20.9 Å². The van der Waals surface area contributed by atoms with E-state index in [1.807, 2.05) is 0 Å². The summed E-state index contributed by atoms with van der Waals surface area (Å²) in [5, 5.41) is 0. The van der Waals surface area contributed by atoms with Gasteiger partial charge in [-0.15, -0.1) is 12.3 Å². The predicted molar refractivity (Wildman–Crippen MR) is 153 cm³/mol. The fourth-order valence-electron chi connectivity index (χ4n) is 4.28. The van der Waals surface area contributed by atoms with Gasteiger partial charge in [-0.25, -0.2) is 15.0 Å². The maximum absolute atomic E-state index is 12.2. The van der Waals surface area contributed by atoms with E-state index < -0.39 is 20.0 Å². The van der Waals surface area contributed by atoms with Crippen molar-refractivity contribution >= 4 is 24.6 Å². The van der Waals surface area contributed by atoms with Crippen molar-refractivity contribution in [2.24, 2.45) is 0 Å². The Morgan fingerprint density at radius 3 is 2.23 bits per heavy atom. The maximum atomic E-state index is 12.2. The monoisotopic (exact) mass is 564 g/mol. The van der Waals surface area contributed by atoms with Gasteiger partial charge in [0.05, 0.1) is 25.6 Å². The number of terminal acetylenes is 1. The number of rotatable bonds is 24. The van der Waals surface area contributed by atoms with Gasteiger partial charge in [0.25, 0.3) is 0 Å². The van der Waals surface area contributed by atoms with E-state index >= 15 is 0 Å². The Morgan fingerprint density at radius 1 is 0.949 bits per heavy atom. The van der Waals surface area contributed by atoms with Gasteiger partial charge in [-0.2, -0.15) is 0 Å². The summed E-state index contributed by atoms with van der Waals surface area (Å²) in [6.07, 6.45) is 23.9. The molecule has 0 fully saturated rings. The molecule has 2 rings (SSSR count). The van der Waals surface area contributed by atoms with Gasteiger partial charge in [0, 0.05) is 19.6 Å². The number of ether oxygens (including phenoxy) is 2. The first-order valence-electron chi connectivity index (χ1n) is 14.4. The third-order valence-electron chi connectivity index (χ3n) is 6.48. The second-order valence-corrected chi connectivity index (χ2v) is 11.8. The van der Waals surface area contributed by atoms with Gasteiger partial charge in [-0.05, 0) is 26.2 Å². The first-order valence-corrected chi connectivity index (χ1v) is 16.1. The van der Waals surface area contributed by atoms with Crippen LogP contribution in [-0.4, -0.2) is 51.8 Å². The minimum absolute atomic E-state index is 0.0891. The average molecular weight is 565 g/mol. The van der Waals surface area contributed by atoms with Crippen LogP contribution in [0.25, 0.3) is 11.2 Å². The molecule has 2 N–H and O–H groups in total. The second-order valence-electron chi connectivity index (χ2n) is 10.0. The molecule has 0 bridgehead atoms. The number of anilines is 1. The number of imidazole rings is 1. The summed E-state index contributed by atoms with van der Waals surface area (Å²) in [7, 11) is -4.09. The first-order chi connectivity index (χ1) is 18.9. The maximum Gasteiger partial charge on any atom is 0.165 e. The Hall–Kier alpha value is -2.02. The van der Waals surface area contributed by atoms with Crippen molar-refractivity contribution in [3.05, 3.63) is 12.7 Å². The highest BCUT2D eigenvalue weighted by Crippen LogP contribution is 2.37. The normalized spacial score (nSPS) is 13.9. The molecular formula is C28H47N5O5P-. The molecule has 0 aromatic carbocycles. The van der Waals surface area contributed by atoms with Gasteiger partial charge in [0.1, 0.15) is 18.2 Å². The lowest BCUT2D eigenvalue weighted by Gasteiger charge is -2.25. The third-order valence-corrected chi connectivity index (χ3v) is 7.52. The van der Waals surface area contributed by atoms with Crippen LogP contribution in [-0.2, 0) is 25.1 Å². The number of aromatic nitrogens is 4. The highest BCUT2D eigenvalue weighted by atomic mass is 31.2. The van der Waals surface area contributed by atoms with Crippen molar-refractivity contribution in [3.63, 3.8) is 0 Å². The SMILES string of the molecule is C#CCCCCCCCCCCCCCCOCCCOP(=O)([O-])CO[C@H](C)Cn1cnc2c(N)ncnc21. The van der Waals surface area contributed by atoms with E-state index in [1.54, 1.807) is 17.8 Å². The summed E-state index contributed by atoms with van der Waals surface area (Å²) in [5.41, 5.74) is 6.87. The number of nitrogen functional groups attached to an aromatic ring is 1. The zero-order valence-corrected chi connectivity index (χ0v) is 24.5. The van der Waals surface area contributed by atoms with Gasteiger partial charge < -0.3 is 33.8 Å². The molecule has 1 unspecified atom stereocenters. The number of nitrogens with two attached hydrogens (primary N) is 1. The lowest BCUT2D eigenvalue weighted by molar-refractivity contribution is -0.205. The molecule has 0 spiro atoms. The van der Waals surface area contributed by atoms with Crippen LogP contribution in [0.15, 0.2) is 12.7 Å². The number of nitrogens with zero attached hydrogens (tertiary/aromatic N) is 4. The van der Waals surface area contributed by atoms with Crippen molar-refractivity contribution in [1.82, 2.24) is 19.5 Å². The van der Waals surface area contributed by atoms with E-state index in [1.165, 1.54) is 77.0 Å². The van der Waals surface area contributed by atoms with Crippen molar-refractivity contribution in [3.8, 4) is 12.3 Å². The van der Waals surface area contributed by atoms with E-state index in [4.69, 9.17) is 26.2 Å². The van der Waals surface area contributed by atoms with Crippen LogP contribution in [0, 0.1) is 12.3 Å². The Bertz CT molecular complexity index is 1010. The summed E-state index contributed by atoms with van der Waals surface area (Å²) in [4.78, 5) is 24.4. The molecule has 0 aliphatic rings. The van der Waals surface area contributed by atoms with Crippen LogP contribution in [0.2, 0.25) is 0 Å². The minimum Gasteiger partial charge on any atom is -0.777 e. The van der Waals surface area contributed by atoms with Crippen LogP contribution in [0.3, 0.4) is 0 Å². The molecule has 2 heterocycles. The molecule has 39 heavy (non-hydrogen) atoms. The first kappa shape index (κ1) is 33.2. The molecule has 220 valence electrons. The molecule has 0 aliphatic carbocycles. The number of hydrogen-bond acceptors (Lipinski definition) is 9. The highest BCUT2D eigenvalue weighted by molar-refractivity contribution is 7.51. The van der Waals surface area contributed by atoms with Crippen LogP contribution >= 0.6 is 7.60 Å². The highest BCUT2D eigenvalue weighted by Gasteiger charge is 2.14. The third kappa shape index (κ3) is 14.8. The van der Waals surface area contributed by atoms with Crippen molar-refractivity contribution in [2.75, 3.05) is 31.9 Å². The summed E-state index contributed by atoms with van der Waals surface area (Å²) >= 11 is 0. The van der Waals surface area contributed by atoms with Gasteiger partial charge in [-0.1, -0.05) is 64.2 Å². The topological polar surface area (TPSA) is 137 Å². The molecule has 2 atom stereocenters. The van der Waals surface area contributed by atoms with E-state index in [-0.39, 0.29) is 6.61 Å². The minimum atomic E-state index is -4.09. The predicted octanol–water partition coefficient (Wildman–Crippen LogP) is 5.45. The number of hydrogen-bond donors (Lipinski definition) is 1. The molecule has 0 saturated heterocycles. The largest absolute Gasteiger partial charge is 0.777 e. The van der Waals surface area contributed by atoms with Gasteiger partial charge in [0.2, 0.25) is 0 Å². The van der Waals surface area contributed by atoms with Crippen LogP contribution in [0.4, 0.5) is 5.82 Å². The van der Waals surface area contributed by atoms with E-state index in [9.17, 15) is 9.46 Å². The Labute approximate surface area is 234 Å². The lowest BCUT2D eigenvalue weighted by Crippen LogP contribution is -2.20. The summed E-state index contributed by atoms with van der Waals surface area (Å²) in [6, 6.07) is 0. The summed E-state index contributed by atoms with van der Waals surface area (Å²) in [5.74, 6) is 3.00. The Morgan fingerprint density at radius 2 is 1.56 bits per heavy atom. The summed E-state index contributed by atoms with van der Waals surface area (Å²) < 4.78 is 30.1. The van der Waals surface area contributed by atoms with Gasteiger partial charge in [-0.3, -0.25) is 0 Å². The van der Waals surface area contributed by atoms with Crippen LogP contribution < -0.4 is 10.6 Å². The Balaban J connectivity index is 1.38. The van der Waals surface area contributed by atoms with Gasteiger partial charge >= 0.3 is 0 Å². The fraction of sp³-hybridized carbons (Fsp3) is 0.750. The quantitative estimate of drug-likeness (QED) is 0.100. The second kappa shape index (κ2) is 19.9. The fourth-order valence-corrected chi connectivity index (χ4v) is 5.20. The molecule has 10 nitrogen and oxygen atoms in total. The molecular weight excluding hydrogens is 517 g/mol. The van der Waals surface area contributed by atoms with Crippen molar-refractivity contribution < 1.29 is 23.5 Å². The molecule has 11 heteroatoms. The summed E-state index contributed by atoms with van der Waals surface area (Å²) in [6.45, 7) is 3.42. The lowest BCUT2D eigenvalue weighted by atomic mass is 10.0. The molecule has 0 radical (unpaired) electrons. The molecule has 2 aromatic rings. The van der Waals surface area contributed by atoms with Crippen LogP contribution in [0.5, 0.6) is 0 Å². The smallest absolute Gasteiger partial charge is 0.165 e. The number of fused-ring (bicyclic) bond motifs is 1.